The van der Waals surface area contributed by atoms with Crippen LogP contribution in [0, 0.1) is 6.92 Å². The zero-order valence-corrected chi connectivity index (χ0v) is 19.5. The second kappa shape index (κ2) is 10.5. The summed E-state index contributed by atoms with van der Waals surface area (Å²) in [6, 6.07) is 15.6. The highest BCUT2D eigenvalue weighted by atomic mass is 16.5. The number of unbranched alkanes of at least 4 members (excludes halogenated alkanes) is 6. The van der Waals surface area contributed by atoms with Crippen molar-refractivity contribution in [2.75, 3.05) is 12.3 Å². The van der Waals surface area contributed by atoms with Crippen molar-refractivity contribution in [1.82, 2.24) is 14.5 Å². The molecule has 0 spiro atoms. The van der Waals surface area contributed by atoms with Gasteiger partial charge in [0.05, 0.1) is 17.6 Å². The number of para-hydroxylation sites is 2. The van der Waals surface area contributed by atoms with Gasteiger partial charge in [-0.2, -0.15) is 0 Å². The molecule has 0 saturated carbocycles. The van der Waals surface area contributed by atoms with Crippen LogP contribution in [0.1, 0.15) is 67.8 Å². The van der Waals surface area contributed by atoms with Crippen molar-refractivity contribution in [2.24, 2.45) is 0 Å². The number of carbonyl (C=O) groups excluding carboxylic acids is 1. The van der Waals surface area contributed by atoms with E-state index in [1.807, 2.05) is 55.5 Å². The van der Waals surface area contributed by atoms with Crippen LogP contribution in [0.15, 0.2) is 48.5 Å². The largest absolute Gasteiger partial charge is 0.462 e. The summed E-state index contributed by atoms with van der Waals surface area (Å²) in [4.78, 5) is 22.6. The Hall–Kier alpha value is -3.41. The Kier molecular flexibility index (Phi) is 7.23. The molecule has 0 atom stereocenters. The third-order valence-corrected chi connectivity index (χ3v) is 5.98. The average molecular weight is 445 g/mol. The fraction of sp³-hybridized carbons (Fsp3) is 0.370. The zero-order valence-electron chi connectivity index (χ0n) is 19.5. The minimum absolute atomic E-state index is 0.284. The molecule has 0 fully saturated rings. The van der Waals surface area contributed by atoms with Crippen LogP contribution in [0.5, 0.6) is 0 Å². The third kappa shape index (κ3) is 5.00. The lowest BCUT2D eigenvalue weighted by Crippen LogP contribution is -2.10. The molecule has 0 unspecified atom stereocenters. The minimum Gasteiger partial charge on any atom is -0.462 e. The van der Waals surface area contributed by atoms with Crippen LogP contribution in [0.25, 0.3) is 27.9 Å². The van der Waals surface area contributed by atoms with Crippen LogP contribution < -0.4 is 5.73 Å². The summed E-state index contributed by atoms with van der Waals surface area (Å²) in [5.41, 5.74) is 11.3. The van der Waals surface area contributed by atoms with Gasteiger partial charge in [0.15, 0.2) is 5.65 Å². The van der Waals surface area contributed by atoms with Gasteiger partial charge in [0.2, 0.25) is 0 Å². The fourth-order valence-electron chi connectivity index (χ4n) is 4.11. The van der Waals surface area contributed by atoms with E-state index in [4.69, 9.17) is 20.4 Å². The number of rotatable bonds is 10. The number of hydrogen-bond donors (Lipinski definition) is 1. The summed E-state index contributed by atoms with van der Waals surface area (Å²) >= 11 is 0. The highest BCUT2D eigenvalue weighted by Gasteiger charge is 2.25. The molecule has 2 heterocycles. The van der Waals surface area contributed by atoms with Gasteiger partial charge in [0, 0.05) is 5.69 Å². The zero-order chi connectivity index (χ0) is 23.2. The number of benzene rings is 2. The number of nitrogens with two attached hydrogens (primary N) is 1. The second-order valence-corrected chi connectivity index (χ2v) is 8.57. The molecule has 6 nitrogen and oxygen atoms in total. The predicted octanol–water partition coefficient (Wildman–Crippen LogP) is 6.37. The Balaban J connectivity index is 1.62. The number of aromatic nitrogens is 3. The molecule has 6 heteroatoms. The molecule has 172 valence electrons. The standard InChI is InChI=1S/C27H32N4O2/c1-3-4-5-6-7-8-11-18-33-27(32)23-24-26(30-22-13-10-9-12-21(22)29-24)31(25(23)28)20-16-14-19(2)15-17-20/h9-10,12-17H,3-8,11,18,28H2,1-2H3. The number of nitrogen functional groups attached to an aromatic ring is 1. The number of hydrogen-bond acceptors (Lipinski definition) is 5. The predicted molar refractivity (Wildman–Crippen MR) is 134 cm³/mol. The van der Waals surface area contributed by atoms with E-state index in [1.54, 1.807) is 4.57 Å². The first kappa shape index (κ1) is 22.8. The number of fused-ring (bicyclic) bond motifs is 2. The molecule has 4 rings (SSSR count). The Morgan fingerprint density at radius 3 is 2.24 bits per heavy atom. The monoisotopic (exact) mass is 444 g/mol. The van der Waals surface area contributed by atoms with Gasteiger partial charge in [-0.25, -0.2) is 14.8 Å². The molecule has 0 radical (unpaired) electrons. The number of aryl methyl sites for hydroxylation is 1. The molecule has 0 aliphatic heterocycles. The topological polar surface area (TPSA) is 83.0 Å². The summed E-state index contributed by atoms with van der Waals surface area (Å²) < 4.78 is 7.42. The molecular formula is C27H32N4O2. The highest BCUT2D eigenvalue weighted by molar-refractivity contribution is 6.09. The van der Waals surface area contributed by atoms with E-state index in [9.17, 15) is 4.79 Å². The number of nitrogens with zero attached hydrogens (tertiary/aromatic N) is 3. The molecule has 2 aromatic carbocycles. The van der Waals surface area contributed by atoms with Crippen LogP contribution in [0.4, 0.5) is 5.82 Å². The maximum atomic E-state index is 13.1. The third-order valence-electron chi connectivity index (χ3n) is 5.98. The first-order valence-electron chi connectivity index (χ1n) is 11.9. The van der Waals surface area contributed by atoms with Crippen molar-refractivity contribution >= 4 is 34.0 Å². The van der Waals surface area contributed by atoms with Crippen molar-refractivity contribution < 1.29 is 9.53 Å². The van der Waals surface area contributed by atoms with Crippen molar-refractivity contribution in [3.05, 3.63) is 59.7 Å². The lowest BCUT2D eigenvalue weighted by Gasteiger charge is -2.08. The van der Waals surface area contributed by atoms with E-state index in [1.165, 1.54) is 32.1 Å². The van der Waals surface area contributed by atoms with Gasteiger partial charge in [-0.3, -0.25) is 4.57 Å². The van der Waals surface area contributed by atoms with E-state index >= 15 is 0 Å². The van der Waals surface area contributed by atoms with Gasteiger partial charge in [-0.05, 0) is 37.6 Å². The molecule has 0 aliphatic carbocycles. The Bertz CT molecular complexity index is 1240. The quantitative estimate of drug-likeness (QED) is 0.227. The van der Waals surface area contributed by atoms with Gasteiger partial charge in [0.1, 0.15) is 16.9 Å². The maximum Gasteiger partial charge on any atom is 0.344 e. The molecule has 33 heavy (non-hydrogen) atoms. The molecule has 2 aromatic heterocycles. The van der Waals surface area contributed by atoms with Crippen LogP contribution >= 0.6 is 0 Å². The summed E-state index contributed by atoms with van der Waals surface area (Å²) in [5, 5.41) is 0. The summed E-state index contributed by atoms with van der Waals surface area (Å²) in [5.74, 6) is -0.146. The smallest absolute Gasteiger partial charge is 0.344 e. The van der Waals surface area contributed by atoms with Crippen molar-refractivity contribution in [2.45, 2.75) is 58.8 Å². The Labute approximate surface area is 194 Å². The second-order valence-electron chi connectivity index (χ2n) is 8.57. The average Bonchev–Trinajstić information content (AvgIpc) is 3.10. The normalized spacial score (nSPS) is 11.3. The summed E-state index contributed by atoms with van der Waals surface area (Å²) in [7, 11) is 0. The molecule has 2 N–H and O–H groups in total. The van der Waals surface area contributed by atoms with E-state index in [2.05, 4.69) is 6.92 Å². The van der Waals surface area contributed by atoms with E-state index in [-0.39, 0.29) is 5.56 Å². The van der Waals surface area contributed by atoms with Crippen LogP contribution in [-0.4, -0.2) is 27.1 Å². The van der Waals surface area contributed by atoms with Gasteiger partial charge in [-0.15, -0.1) is 0 Å². The first-order chi connectivity index (χ1) is 16.1. The van der Waals surface area contributed by atoms with E-state index in [0.717, 1.165) is 29.6 Å². The summed E-state index contributed by atoms with van der Waals surface area (Å²) in [6.07, 6.45) is 8.12. The van der Waals surface area contributed by atoms with Crippen molar-refractivity contribution in [1.29, 1.82) is 0 Å². The number of carbonyl (C=O) groups is 1. The van der Waals surface area contributed by atoms with Crippen LogP contribution in [-0.2, 0) is 4.74 Å². The molecule has 0 amide bonds. The van der Waals surface area contributed by atoms with Gasteiger partial charge >= 0.3 is 5.97 Å². The molecule has 0 bridgehead atoms. The molecule has 0 saturated heterocycles. The highest BCUT2D eigenvalue weighted by Crippen LogP contribution is 2.31. The Morgan fingerprint density at radius 1 is 0.909 bits per heavy atom. The molecule has 0 aliphatic rings. The van der Waals surface area contributed by atoms with Gasteiger partial charge in [-0.1, -0.05) is 75.3 Å². The molecule has 4 aromatic rings. The number of ether oxygens (including phenoxy) is 1. The van der Waals surface area contributed by atoms with Crippen LogP contribution in [0.3, 0.4) is 0 Å². The minimum atomic E-state index is -0.445. The number of esters is 1. The summed E-state index contributed by atoms with van der Waals surface area (Å²) in [6.45, 7) is 4.62. The maximum absolute atomic E-state index is 13.1. The number of anilines is 1. The Morgan fingerprint density at radius 2 is 1.55 bits per heavy atom. The lowest BCUT2D eigenvalue weighted by atomic mass is 10.1. The lowest BCUT2D eigenvalue weighted by molar-refractivity contribution is 0.0501. The van der Waals surface area contributed by atoms with E-state index in [0.29, 0.717) is 29.1 Å². The van der Waals surface area contributed by atoms with Crippen molar-refractivity contribution in [3.63, 3.8) is 0 Å². The fourth-order valence-corrected chi connectivity index (χ4v) is 4.11. The van der Waals surface area contributed by atoms with E-state index < -0.39 is 5.97 Å². The molecular weight excluding hydrogens is 412 g/mol. The van der Waals surface area contributed by atoms with Gasteiger partial charge in [0.25, 0.3) is 0 Å². The first-order valence-corrected chi connectivity index (χ1v) is 11.9. The van der Waals surface area contributed by atoms with Gasteiger partial charge < -0.3 is 10.5 Å². The van der Waals surface area contributed by atoms with Crippen molar-refractivity contribution in [3.8, 4) is 5.69 Å². The van der Waals surface area contributed by atoms with Crippen LogP contribution in [0.2, 0.25) is 0 Å². The SMILES string of the molecule is CCCCCCCCCOC(=O)c1c(N)n(-c2ccc(C)cc2)c2nc3ccccc3nc12.